The van der Waals surface area contributed by atoms with Gasteiger partial charge in [0, 0.05) is 12.2 Å². The number of para-hydroxylation sites is 1. The Morgan fingerprint density at radius 3 is 2.58 bits per heavy atom. The van der Waals surface area contributed by atoms with Crippen LogP contribution in [0.3, 0.4) is 0 Å². The minimum absolute atomic E-state index is 0.147. The minimum atomic E-state index is -0.259. The Morgan fingerprint density at radius 1 is 1.18 bits per heavy atom. The highest BCUT2D eigenvalue weighted by atomic mass is 32.2. The van der Waals surface area contributed by atoms with Gasteiger partial charge in [-0.15, -0.1) is 6.58 Å². The second kappa shape index (κ2) is 11.2. The Labute approximate surface area is 203 Å². The number of rotatable bonds is 9. The molecule has 0 atom stereocenters. The third-order valence-corrected chi connectivity index (χ3v) is 6.23. The highest BCUT2D eigenvalue weighted by molar-refractivity contribution is 8.26. The van der Waals surface area contributed by atoms with Gasteiger partial charge in [-0.25, -0.2) is 0 Å². The molecular formula is C25H26N2O4S2. The first kappa shape index (κ1) is 24.5. The number of carbonyl (C=O) groups is 2. The Hall–Kier alpha value is -3.10. The summed E-state index contributed by atoms with van der Waals surface area (Å²) in [6.07, 6.45) is 3.41. The van der Waals surface area contributed by atoms with Crippen molar-refractivity contribution in [3.8, 4) is 11.5 Å². The molecule has 0 saturated carbocycles. The van der Waals surface area contributed by atoms with E-state index in [9.17, 15) is 9.59 Å². The number of anilines is 1. The van der Waals surface area contributed by atoms with E-state index in [1.165, 1.54) is 16.7 Å². The van der Waals surface area contributed by atoms with E-state index in [1.54, 1.807) is 30.4 Å². The van der Waals surface area contributed by atoms with Crippen molar-refractivity contribution in [1.82, 2.24) is 4.90 Å². The SMILES string of the molecule is C=CCN1C(=O)/C(=C/c2ccc(OCC(=O)Nc3c(C)cccc3C)c(OCC)c2)SC1=S. The molecule has 0 unspecified atom stereocenters. The number of hydrogen-bond donors (Lipinski definition) is 1. The predicted octanol–water partition coefficient (Wildman–Crippen LogP) is 5.11. The van der Waals surface area contributed by atoms with E-state index in [2.05, 4.69) is 11.9 Å². The number of thioether (sulfide) groups is 1. The van der Waals surface area contributed by atoms with Crippen LogP contribution in [0.25, 0.3) is 6.08 Å². The van der Waals surface area contributed by atoms with Gasteiger partial charge in [0.1, 0.15) is 4.32 Å². The average molecular weight is 483 g/mol. The topological polar surface area (TPSA) is 67.9 Å². The molecule has 2 amide bonds. The number of carbonyl (C=O) groups excluding carboxylic acids is 2. The molecule has 0 bridgehead atoms. The molecule has 1 heterocycles. The molecule has 172 valence electrons. The lowest BCUT2D eigenvalue weighted by molar-refractivity contribution is -0.121. The summed E-state index contributed by atoms with van der Waals surface area (Å²) < 4.78 is 12.0. The third-order valence-electron chi connectivity index (χ3n) is 4.85. The molecule has 1 aliphatic rings. The van der Waals surface area contributed by atoms with Crippen LogP contribution >= 0.6 is 24.0 Å². The smallest absolute Gasteiger partial charge is 0.266 e. The minimum Gasteiger partial charge on any atom is -0.490 e. The molecule has 0 aliphatic carbocycles. The van der Waals surface area contributed by atoms with Gasteiger partial charge in [-0.1, -0.05) is 54.3 Å². The van der Waals surface area contributed by atoms with Crippen molar-refractivity contribution in [3.05, 3.63) is 70.6 Å². The number of nitrogens with zero attached hydrogens (tertiary/aromatic N) is 1. The fraction of sp³-hybridized carbons (Fsp3) is 0.240. The van der Waals surface area contributed by atoms with Crippen molar-refractivity contribution in [2.24, 2.45) is 0 Å². The molecule has 3 rings (SSSR count). The van der Waals surface area contributed by atoms with Crippen LogP contribution in [0, 0.1) is 13.8 Å². The maximum Gasteiger partial charge on any atom is 0.266 e. The van der Waals surface area contributed by atoms with E-state index in [4.69, 9.17) is 21.7 Å². The van der Waals surface area contributed by atoms with Crippen molar-refractivity contribution in [1.29, 1.82) is 0 Å². The van der Waals surface area contributed by atoms with E-state index in [1.807, 2.05) is 39.0 Å². The van der Waals surface area contributed by atoms with Gasteiger partial charge in [-0.3, -0.25) is 14.5 Å². The van der Waals surface area contributed by atoms with Gasteiger partial charge >= 0.3 is 0 Å². The number of benzene rings is 2. The Morgan fingerprint density at radius 2 is 1.91 bits per heavy atom. The number of ether oxygens (including phenoxy) is 2. The van der Waals surface area contributed by atoms with E-state index >= 15 is 0 Å². The Kier molecular flexibility index (Phi) is 8.30. The highest BCUT2D eigenvalue weighted by Gasteiger charge is 2.31. The number of aryl methyl sites for hydroxylation is 2. The molecule has 6 nitrogen and oxygen atoms in total. The van der Waals surface area contributed by atoms with Crippen molar-refractivity contribution in [2.75, 3.05) is 25.1 Å². The van der Waals surface area contributed by atoms with E-state index in [-0.39, 0.29) is 18.4 Å². The fourth-order valence-corrected chi connectivity index (χ4v) is 4.55. The molecule has 1 aliphatic heterocycles. The maximum atomic E-state index is 12.6. The van der Waals surface area contributed by atoms with Crippen LogP contribution in [0.1, 0.15) is 23.6 Å². The number of thiocarbonyl (C=S) groups is 1. The first-order chi connectivity index (χ1) is 15.8. The van der Waals surface area contributed by atoms with Gasteiger partial charge in [0.05, 0.1) is 11.5 Å². The standard InChI is InChI=1S/C25H26N2O4S2/c1-5-12-27-24(29)21(33-25(27)32)14-18-10-11-19(20(13-18)30-6-2)31-15-22(28)26-23-16(3)8-7-9-17(23)4/h5,7-11,13-14H,1,6,12,15H2,2-4H3,(H,26,28)/b21-14-. The summed E-state index contributed by atoms with van der Waals surface area (Å²) in [6.45, 7) is 10.1. The summed E-state index contributed by atoms with van der Waals surface area (Å²) in [4.78, 5) is 27.1. The van der Waals surface area contributed by atoms with Gasteiger partial charge in [0.15, 0.2) is 18.1 Å². The average Bonchev–Trinajstić information content (AvgIpc) is 3.04. The molecule has 33 heavy (non-hydrogen) atoms. The largest absolute Gasteiger partial charge is 0.490 e. The maximum absolute atomic E-state index is 12.6. The van der Waals surface area contributed by atoms with Crippen LogP contribution in [-0.2, 0) is 9.59 Å². The van der Waals surface area contributed by atoms with Crippen LogP contribution in [0.15, 0.2) is 54.0 Å². The molecule has 8 heteroatoms. The van der Waals surface area contributed by atoms with Crippen molar-refractivity contribution >= 4 is 51.9 Å². The van der Waals surface area contributed by atoms with Gasteiger partial charge in [-0.2, -0.15) is 0 Å². The number of nitrogens with one attached hydrogen (secondary N) is 1. The zero-order valence-corrected chi connectivity index (χ0v) is 20.5. The predicted molar refractivity (Wildman–Crippen MR) is 138 cm³/mol. The molecule has 0 radical (unpaired) electrons. The van der Waals surface area contributed by atoms with E-state index in [0.29, 0.717) is 33.9 Å². The van der Waals surface area contributed by atoms with E-state index < -0.39 is 0 Å². The van der Waals surface area contributed by atoms with Crippen LogP contribution < -0.4 is 14.8 Å². The van der Waals surface area contributed by atoms with Crippen LogP contribution in [-0.4, -0.2) is 40.8 Å². The highest BCUT2D eigenvalue weighted by Crippen LogP contribution is 2.35. The lowest BCUT2D eigenvalue weighted by Crippen LogP contribution is -2.27. The summed E-state index contributed by atoms with van der Waals surface area (Å²) >= 11 is 6.54. The first-order valence-electron chi connectivity index (χ1n) is 10.5. The molecule has 1 fully saturated rings. The normalized spacial score (nSPS) is 14.5. The first-order valence-corrected chi connectivity index (χ1v) is 11.7. The van der Waals surface area contributed by atoms with Crippen molar-refractivity contribution < 1.29 is 19.1 Å². The van der Waals surface area contributed by atoms with Gasteiger partial charge < -0.3 is 14.8 Å². The second-order valence-electron chi connectivity index (χ2n) is 7.32. The molecule has 0 aromatic heterocycles. The molecule has 1 N–H and O–H groups in total. The summed E-state index contributed by atoms with van der Waals surface area (Å²) in [5.41, 5.74) is 3.53. The van der Waals surface area contributed by atoms with Crippen LogP contribution in [0.4, 0.5) is 5.69 Å². The van der Waals surface area contributed by atoms with Gasteiger partial charge in [-0.05, 0) is 55.7 Å². The Balaban J connectivity index is 1.72. The zero-order valence-electron chi connectivity index (χ0n) is 18.8. The fourth-order valence-electron chi connectivity index (χ4n) is 3.27. The van der Waals surface area contributed by atoms with E-state index in [0.717, 1.165) is 22.4 Å². The van der Waals surface area contributed by atoms with Crippen LogP contribution in [0.5, 0.6) is 11.5 Å². The quantitative estimate of drug-likeness (QED) is 0.304. The summed E-state index contributed by atoms with van der Waals surface area (Å²) in [6, 6.07) is 11.2. The molecule has 1 saturated heterocycles. The third kappa shape index (κ3) is 6.03. The molecular weight excluding hydrogens is 456 g/mol. The van der Waals surface area contributed by atoms with Crippen LogP contribution in [0.2, 0.25) is 0 Å². The molecule has 2 aromatic carbocycles. The summed E-state index contributed by atoms with van der Waals surface area (Å²) in [5, 5.41) is 2.90. The van der Waals surface area contributed by atoms with Gasteiger partial charge in [0.2, 0.25) is 0 Å². The lowest BCUT2D eigenvalue weighted by Gasteiger charge is -2.14. The van der Waals surface area contributed by atoms with Gasteiger partial charge in [0.25, 0.3) is 11.8 Å². The Bertz CT molecular complexity index is 1110. The number of hydrogen-bond acceptors (Lipinski definition) is 6. The van der Waals surface area contributed by atoms with Crippen molar-refractivity contribution in [3.63, 3.8) is 0 Å². The number of amides is 2. The van der Waals surface area contributed by atoms with Crippen molar-refractivity contribution in [2.45, 2.75) is 20.8 Å². The summed E-state index contributed by atoms with van der Waals surface area (Å²) in [5.74, 6) is 0.536. The monoisotopic (exact) mass is 482 g/mol. The second-order valence-corrected chi connectivity index (χ2v) is 9.00. The summed E-state index contributed by atoms with van der Waals surface area (Å²) in [7, 11) is 0. The molecule has 0 spiro atoms. The lowest BCUT2D eigenvalue weighted by atomic mass is 10.1. The molecule has 2 aromatic rings. The zero-order chi connectivity index (χ0) is 24.0.